The van der Waals surface area contributed by atoms with Gasteiger partial charge in [-0.3, -0.25) is 10.1 Å². The minimum atomic E-state index is -1.21. The SMILES string of the molecule is O=C(NC(=O)c1ccccc1Cl)Nc1cc(Cl)c(F)c(Cl)c1F. The van der Waals surface area contributed by atoms with Gasteiger partial charge in [0.25, 0.3) is 5.91 Å². The highest BCUT2D eigenvalue weighted by atomic mass is 35.5. The number of hydrogen-bond acceptors (Lipinski definition) is 2. The van der Waals surface area contributed by atoms with Gasteiger partial charge in [0.2, 0.25) is 0 Å². The predicted molar refractivity (Wildman–Crippen MR) is 84.3 cm³/mol. The number of benzene rings is 2. The summed E-state index contributed by atoms with van der Waals surface area (Å²) in [6, 6.07) is 5.80. The van der Waals surface area contributed by atoms with Crippen molar-refractivity contribution in [2.75, 3.05) is 5.32 Å². The molecule has 0 aliphatic rings. The van der Waals surface area contributed by atoms with Crippen LogP contribution in [0, 0.1) is 11.6 Å². The molecule has 0 heterocycles. The number of rotatable bonds is 2. The molecule has 2 N–H and O–H groups in total. The molecule has 0 bridgehead atoms. The second kappa shape index (κ2) is 7.12. The molecule has 2 aromatic rings. The van der Waals surface area contributed by atoms with Crippen LogP contribution in [0.1, 0.15) is 10.4 Å². The van der Waals surface area contributed by atoms with Gasteiger partial charge in [0, 0.05) is 0 Å². The maximum Gasteiger partial charge on any atom is 0.326 e. The van der Waals surface area contributed by atoms with Crippen LogP contribution in [0.5, 0.6) is 0 Å². The molecule has 2 rings (SSSR count). The molecule has 3 amide bonds. The van der Waals surface area contributed by atoms with E-state index in [1.54, 1.807) is 12.1 Å². The standard InChI is InChI=1S/C14H7Cl3F2N2O2/c15-7-4-2-1-3-6(7)13(22)21-14(23)20-9-5-8(16)11(18)10(17)12(9)19/h1-5H,(H2,20,21,22,23). The minimum absolute atomic E-state index is 0.0555. The van der Waals surface area contributed by atoms with Gasteiger partial charge in [-0.15, -0.1) is 0 Å². The summed E-state index contributed by atoms with van der Waals surface area (Å²) in [5, 5.41) is 2.74. The first kappa shape index (κ1) is 17.5. The van der Waals surface area contributed by atoms with E-state index in [1.165, 1.54) is 12.1 Å². The van der Waals surface area contributed by atoms with E-state index in [1.807, 2.05) is 10.6 Å². The van der Waals surface area contributed by atoms with E-state index in [2.05, 4.69) is 0 Å². The van der Waals surface area contributed by atoms with Crippen LogP contribution in [-0.4, -0.2) is 11.9 Å². The monoisotopic (exact) mass is 378 g/mol. The van der Waals surface area contributed by atoms with Gasteiger partial charge in [-0.25, -0.2) is 13.6 Å². The van der Waals surface area contributed by atoms with Crippen molar-refractivity contribution in [2.45, 2.75) is 0 Å². The van der Waals surface area contributed by atoms with Gasteiger partial charge in [0.1, 0.15) is 5.02 Å². The van der Waals surface area contributed by atoms with Crippen molar-refractivity contribution in [3.63, 3.8) is 0 Å². The van der Waals surface area contributed by atoms with Crippen molar-refractivity contribution in [2.24, 2.45) is 0 Å². The summed E-state index contributed by atoms with van der Waals surface area (Å²) in [6.45, 7) is 0. The highest BCUT2D eigenvalue weighted by Gasteiger charge is 2.19. The maximum absolute atomic E-state index is 13.7. The third kappa shape index (κ3) is 3.90. The normalized spacial score (nSPS) is 10.3. The van der Waals surface area contributed by atoms with E-state index in [-0.39, 0.29) is 10.6 Å². The third-order valence-corrected chi connectivity index (χ3v) is 3.63. The molecule has 0 saturated heterocycles. The second-order valence-corrected chi connectivity index (χ2v) is 5.43. The molecule has 0 atom stereocenters. The molecule has 2 aromatic carbocycles. The average Bonchev–Trinajstić information content (AvgIpc) is 2.50. The Bertz CT molecular complexity index is 800. The largest absolute Gasteiger partial charge is 0.326 e. The van der Waals surface area contributed by atoms with E-state index in [9.17, 15) is 18.4 Å². The summed E-state index contributed by atoms with van der Waals surface area (Å²) >= 11 is 16.7. The van der Waals surface area contributed by atoms with Gasteiger partial charge < -0.3 is 5.32 Å². The molecule has 120 valence electrons. The highest BCUT2D eigenvalue weighted by Crippen LogP contribution is 2.31. The molecule has 0 spiro atoms. The summed E-state index contributed by atoms with van der Waals surface area (Å²) in [5.41, 5.74) is -0.425. The Morgan fingerprint density at radius 3 is 2.26 bits per heavy atom. The molecule has 0 aromatic heterocycles. The number of nitrogens with one attached hydrogen (secondary N) is 2. The summed E-state index contributed by atoms with van der Waals surface area (Å²) in [6.07, 6.45) is 0. The lowest BCUT2D eigenvalue weighted by Gasteiger charge is -2.10. The molecule has 9 heteroatoms. The number of amides is 3. The summed E-state index contributed by atoms with van der Waals surface area (Å²) < 4.78 is 27.0. The van der Waals surface area contributed by atoms with Gasteiger partial charge in [0.05, 0.1) is 21.3 Å². The fourth-order valence-corrected chi connectivity index (χ4v) is 2.31. The molecule has 0 saturated carbocycles. The van der Waals surface area contributed by atoms with Crippen LogP contribution in [0.4, 0.5) is 19.3 Å². The molecule has 0 aliphatic carbocycles. The zero-order chi connectivity index (χ0) is 17.1. The van der Waals surface area contributed by atoms with E-state index in [0.717, 1.165) is 6.07 Å². The van der Waals surface area contributed by atoms with Gasteiger partial charge in [-0.1, -0.05) is 46.9 Å². The zero-order valence-electron chi connectivity index (χ0n) is 11.1. The van der Waals surface area contributed by atoms with E-state index in [4.69, 9.17) is 34.8 Å². The molecule has 23 heavy (non-hydrogen) atoms. The number of hydrogen-bond donors (Lipinski definition) is 2. The van der Waals surface area contributed by atoms with Crippen LogP contribution >= 0.6 is 34.8 Å². The lowest BCUT2D eigenvalue weighted by molar-refractivity contribution is 0.0967. The van der Waals surface area contributed by atoms with Gasteiger partial charge in [-0.05, 0) is 18.2 Å². The molecular formula is C14H7Cl3F2N2O2. The number of anilines is 1. The van der Waals surface area contributed by atoms with Crippen molar-refractivity contribution >= 4 is 52.4 Å². The van der Waals surface area contributed by atoms with Crippen molar-refractivity contribution in [3.05, 3.63) is 62.6 Å². The van der Waals surface area contributed by atoms with Crippen LogP contribution < -0.4 is 10.6 Å². The summed E-state index contributed by atoms with van der Waals surface area (Å²) in [5.74, 6) is -3.16. The van der Waals surface area contributed by atoms with Crippen LogP contribution in [0.15, 0.2) is 30.3 Å². The Hall–Kier alpha value is -1.89. The van der Waals surface area contributed by atoms with Crippen LogP contribution in [0.3, 0.4) is 0 Å². The van der Waals surface area contributed by atoms with E-state index >= 15 is 0 Å². The van der Waals surface area contributed by atoms with Crippen LogP contribution in [0.2, 0.25) is 15.1 Å². The molecule has 4 nitrogen and oxygen atoms in total. The van der Waals surface area contributed by atoms with Crippen molar-refractivity contribution in [1.82, 2.24) is 5.32 Å². The first-order valence-electron chi connectivity index (χ1n) is 6.01. The fourth-order valence-electron chi connectivity index (χ4n) is 1.63. The number of urea groups is 1. The lowest BCUT2D eigenvalue weighted by atomic mass is 10.2. The van der Waals surface area contributed by atoms with Crippen LogP contribution in [0.25, 0.3) is 0 Å². The Morgan fingerprint density at radius 2 is 1.61 bits per heavy atom. The Labute approximate surface area is 144 Å². The Balaban J connectivity index is 2.15. The predicted octanol–water partition coefficient (Wildman–Crippen LogP) is 4.89. The Morgan fingerprint density at radius 1 is 0.957 bits per heavy atom. The fraction of sp³-hybridized carbons (Fsp3) is 0. The quantitative estimate of drug-likeness (QED) is 0.577. The van der Waals surface area contributed by atoms with Crippen molar-refractivity contribution in [3.8, 4) is 0 Å². The topological polar surface area (TPSA) is 58.2 Å². The summed E-state index contributed by atoms with van der Waals surface area (Å²) in [4.78, 5) is 23.6. The van der Waals surface area contributed by atoms with Crippen molar-refractivity contribution < 1.29 is 18.4 Å². The van der Waals surface area contributed by atoms with Crippen LogP contribution in [-0.2, 0) is 0 Å². The number of imide groups is 1. The molecular weight excluding hydrogens is 373 g/mol. The van der Waals surface area contributed by atoms with E-state index in [0.29, 0.717) is 0 Å². The molecule has 0 unspecified atom stereocenters. The molecule has 0 fully saturated rings. The van der Waals surface area contributed by atoms with Gasteiger partial charge in [0.15, 0.2) is 11.6 Å². The number of halogens is 5. The highest BCUT2D eigenvalue weighted by molar-refractivity contribution is 6.35. The summed E-state index contributed by atoms with van der Waals surface area (Å²) in [7, 11) is 0. The third-order valence-electron chi connectivity index (χ3n) is 2.70. The maximum atomic E-state index is 13.7. The van der Waals surface area contributed by atoms with Crippen molar-refractivity contribution in [1.29, 1.82) is 0 Å². The zero-order valence-corrected chi connectivity index (χ0v) is 13.4. The molecule has 0 aliphatic heterocycles. The lowest BCUT2D eigenvalue weighted by Crippen LogP contribution is -2.34. The van der Waals surface area contributed by atoms with Gasteiger partial charge in [-0.2, -0.15) is 0 Å². The molecule has 0 radical (unpaired) electrons. The number of carbonyl (C=O) groups is 2. The minimum Gasteiger partial charge on any atom is -0.305 e. The van der Waals surface area contributed by atoms with Gasteiger partial charge >= 0.3 is 6.03 Å². The number of carbonyl (C=O) groups excluding carboxylic acids is 2. The van der Waals surface area contributed by atoms with E-state index < -0.39 is 39.3 Å². The second-order valence-electron chi connectivity index (χ2n) is 4.24. The Kier molecular flexibility index (Phi) is 5.41. The average molecular weight is 380 g/mol. The first-order valence-corrected chi connectivity index (χ1v) is 7.14. The first-order chi connectivity index (χ1) is 10.8. The smallest absolute Gasteiger partial charge is 0.305 e.